The Hall–Kier alpha value is -4.70. The number of hydrogen-bond donors (Lipinski definition) is 1. The van der Waals surface area contributed by atoms with Crippen molar-refractivity contribution in [1.29, 1.82) is 0 Å². The molecule has 0 fully saturated rings. The van der Waals surface area contributed by atoms with E-state index in [0.717, 1.165) is 9.87 Å². The fourth-order valence-electron chi connectivity index (χ4n) is 4.76. The van der Waals surface area contributed by atoms with Gasteiger partial charge < -0.3 is 15.0 Å². The number of carbonyl (C=O) groups is 2. The second-order valence-electron chi connectivity index (χ2n) is 10.00. The Kier molecular flexibility index (Phi) is 11.1. The zero-order chi connectivity index (χ0) is 31.5. The molecule has 0 saturated heterocycles. The van der Waals surface area contributed by atoms with Gasteiger partial charge in [0.15, 0.2) is 0 Å². The lowest BCUT2D eigenvalue weighted by Gasteiger charge is -2.33. The van der Waals surface area contributed by atoms with Gasteiger partial charge in [-0.2, -0.15) is 0 Å². The molecular weight excluding hydrogens is 581 g/mol. The third-order valence-electron chi connectivity index (χ3n) is 6.93. The van der Waals surface area contributed by atoms with Gasteiger partial charge in [0, 0.05) is 19.5 Å². The number of amides is 2. The molecule has 2 amide bonds. The molecule has 10 heteroatoms. The van der Waals surface area contributed by atoms with Crippen molar-refractivity contribution >= 4 is 27.5 Å². The van der Waals surface area contributed by atoms with Crippen LogP contribution in [0.15, 0.2) is 114 Å². The molecule has 4 aromatic carbocycles. The number of nitrogens with zero attached hydrogens (tertiary/aromatic N) is 2. The van der Waals surface area contributed by atoms with E-state index in [1.54, 1.807) is 49.4 Å². The Labute approximate surface area is 258 Å². The van der Waals surface area contributed by atoms with Gasteiger partial charge in [-0.05, 0) is 73.5 Å². The summed E-state index contributed by atoms with van der Waals surface area (Å²) >= 11 is 0. The van der Waals surface area contributed by atoms with Crippen molar-refractivity contribution in [2.75, 3.05) is 24.0 Å². The van der Waals surface area contributed by atoms with E-state index in [1.165, 1.54) is 41.3 Å². The van der Waals surface area contributed by atoms with Crippen LogP contribution in [0.2, 0.25) is 0 Å². The average molecular weight is 618 g/mol. The van der Waals surface area contributed by atoms with Gasteiger partial charge >= 0.3 is 0 Å². The molecular formula is C34H36FN3O5S. The van der Waals surface area contributed by atoms with Crippen molar-refractivity contribution in [3.63, 3.8) is 0 Å². The standard InChI is InChI=1S/C34H36FN3O5S/c1-3-36-34(40)32(23-26-11-7-5-8-12-26)37(24-27-15-17-28(35)18-16-27)33(39)25-38(29-19-21-30(22-20-29)43-4-2)44(41,42)31-13-9-6-10-14-31/h5-22,32H,3-4,23-25H2,1-2H3,(H,36,40)/t32-/m1/s1. The molecule has 0 saturated carbocycles. The summed E-state index contributed by atoms with van der Waals surface area (Å²) in [6.45, 7) is 3.76. The number of anilines is 1. The zero-order valence-corrected chi connectivity index (χ0v) is 25.5. The van der Waals surface area contributed by atoms with Gasteiger partial charge in [-0.25, -0.2) is 12.8 Å². The molecule has 230 valence electrons. The fraction of sp³-hybridized carbons (Fsp3) is 0.235. The largest absolute Gasteiger partial charge is 0.494 e. The van der Waals surface area contributed by atoms with Crippen LogP contribution in [-0.2, 0) is 32.6 Å². The number of rotatable bonds is 14. The van der Waals surface area contributed by atoms with E-state index in [1.807, 2.05) is 37.3 Å². The topological polar surface area (TPSA) is 96.0 Å². The number of halogens is 1. The summed E-state index contributed by atoms with van der Waals surface area (Å²) < 4.78 is 48.3. The summed E-state index contributed by atoms with van der Waals surface area (Å²) in [5.74, 6) is -0.871. The zero-order valence-electron chi connectivity index (χ0n) is 24.7. The van der Waals surface area contributed by atoms with Gasteiger partial charge in [0.25, 0.3) is 10.0 Å². The van der Waals surface area contributed by atoms with E-state index in [0.29, 0.717) is 24.5 Å². The first-order valence-electron chi connectivity index (χ1n) is 14.4. The van der Waals surface area contributed by atoms with Gasteiger partial charge in [0.05, 0.1) is 17.2 Å². The molecule has 0 aliphatic carbocycles. The summed E-state index contributed by atoms with van der Waals surface area (Å²) in [7, 11) is -4.21. The van der Waals surface area contributed by atoms with Crippen LogP contribution in [0.5, 0.6) is 5.75 Å². The number of sulfonamides is 1. The summed E-state index contributed by atoms with van der Waals surface area (Å²) in [5, 5.41) is 2.82. The Morgan fingerprint density at radius 1 is 0.818 bits per heavy atom. The Bertz CT molecular complexity index is 1620. The van der Waals surface area contributed by atoms with Crippen molar-refractivity contribution in [2.24, 2.45) is 0 Å². The number of likely N-dealkylation sites (N-methyl/N-ethyl adjacent to an activating group) is 1. The summed E-state index contributed by atoms with van der Waals surface area (Å²) in [6, 6.07) is 28.2. The van der Waals surface area contributed by atoms with Crippen molar-refractivity contribution in [1.82, 2.24) is 10.2 Å². The highest BCUT2D eigenvalue weighted by atomic mass is 32.2. The average Bonchev–Trinajstić information content (AvgIpc) is 3.04. The van der Waals surface area contributed by atoms with E-state index < -0.39 is 34.3 Å². The molecule has 1 N–H and O–H groups in total. The van der Waals surface area contributed by atoms with Gasteiger partial charge in [-0.15, -0.1) is 0 Å². The molecule has 1 atom stereocenters. The first-order valence-corrected chi connectivity index (χ1v) is 15.8. The van der Waals surface area contributed by atoms with E-state index in [-0.39, 0.29) is 29.5 Å². The van der Waals surface area contributed by atoms with Crippen LogP contribution in [0.1, 0.15) is 25.0 Å². The number of nitrogens with one attached hydrogen (secondary N) is 1. The van der Waals surface area contributed by atoms with Gasteiger partial charge in [0.1, 0.15) is 24.2 Å². The maximum Gasteiger partial charge on any atom is 0.264 e. The smallest absolute Gasteiger partial charge is 0.264 e. The first-order chi connectivity index (χ1) is 21.2. The number of benzene rings is 4. The van der Waals surface area contributed by atoms with E-state index in [2.05, 4.69) is 5.32 Å². The predicted molar refractivity (Wildman–Crippen MR) is 168 cm³/mol. The second kappa shape index (κ2) is 15.2. The van der Waals surface area contributed by atoms with E-state index >= 15 is 0 Å². The number of carbonyl (C=O) groups excluding carboxylic acids is 2. The normalized spacial score (nSPS) is 11.8. The van der Waals surface area contributed by atoms with Crippen molar-refractivity contribution in [3.05, 3.63) is 126 Å². The molecule has 4 aromatic rings. The Balaban J connectivity index is 1.78. The van der Waals surface area contributed by atoms with E-state index in [4.69, 9.17) is 4.74 Å². The maximum absolute atomic E-state index is 14.3. The minimum absolute atomic E-state index is 0.0105. The summed E-state index contributed by atoms with van der Waals surface area (Å²) in [4.78, 5) is 29.2. The molecule has 0 spiro atoms. The number of ether oxygens (including phenoxy) is 1. The molecule has 0 radical (unpaired) electrons. The van der Waals surface area contributed by atoms with Gasteiger partial charge in [0.2, 0.25) is 11.8 Å². The third-order valence-corrected chi connectivity index (χ3v) is 8.72. The van der Waals surface area contributed by atoms with Crippen LogP contribution < -0.4 is 14.4 Å². The molecule has 44 heavy (non-hydrogen) atoms. The highest BCUT2D eigenvalue weighted by molar-refractivity contribution is 7.92. The second-order valence-corrected chi connectivity index (χ2v) is 11.9. The van der Waals surface area contributed by atoms with Crippen molar-refractivity contribution in [3.8, 4) is 5.75 Å². The van der Waals surface area contributed by atoms with Gasteiger partial charge in [-0.1, -0.05) is 60.7 Å². The first kappa shape index (κ1) is 32.2. The predicted octanol–water partition coefficient (Wildman–Crippen LogP) is 5.20. The molecule has 0 aromatic heterocycles. The van der Waals surface area contributed by atoms with Crippen LogP contribution >= 0.6 is 0 Å². The fourth-order valence-corrected chi connectivity index (χ4v) is 6.19. The highest BCUT2D eigenvalue weighted by Crippen LogP contribution is 2.27. The minimum atomic E-state index is -4.21. The van der Waals surface area contributed by atoms with Crippen molar-refractivity contribution < 1.29 is 27.1 Å². The highest BCUT2D eigenvalue weighted by Gasteiger charge is 2.34. The third kappa shape index (κ3) is 8.23. The molecule has 0 aliphatic rings. The molecule has 0 bridgehead atoms. The Morgan fingerprint density at radius 3 is 2.02 bits per heavy atom. The molecule has 4 rings (SSSR count). The van der Waals surface area contributed by atoms with Crippen LogP contribution in [-0.4, -0.2) is 50.9 Å². The number of hydrogen-bond acceptors (Lipinski definition) is 5. The maximum atomic E-state index is 14.3. The lowest BCUT2D eigenvalue weighted by atomic mass is 10.0. The van der Waals surface area contributed by atoms with Crippen LogP contribution in [0.25, 0.3) is 0 Å². The minimum Gasteiger partial charge on any atom is -0.494 e. The lowest BCUT2D eigenvalue weighted by Crippen LogP contribution is -2.53. The summed E-state index contributed by atoms with van der Waals surface area (Å²) in [5.41, 5.74) is 1.66. The molecule has 0 unspecified atom stereocenters. The molecule has 0 heterocycles. The van der Waals surface area contributed by atoms with Crippen LogP contribution in [0.4, 0.5) is 10.1 Å². The van der Waals surface area contributed by atoms with Crippen molar-refractivity contribution in [2.45, 2.75) is 37.8 Å². The van der Waals surface area contributed by atoms with Crippen LogP contribution in [0.3, 0.4) is 0 Å². The molecule has 8 nitrogen and oxygen atoms in total. The lowest BCUT2D eigenvalue weighted by molar-refractivity contribution is -0.140. The quantitative estimate of drug-likeness (QED) is 0.210. The Morgan fingerprint density at radius 2 is 1.43 bits per heavy atom. The molecule has 0 aliphatic heterocycles. The monoisotopic (exact) mass is 617 g/mol. The van der Waals surface area contributed by atoms with Crippen LogP contribution in [0, 0.1) is 5.82 Å². The SMILES string of the molecule is CCNC(=O)[C@@H](Cc1ccccc1)N(Cc1ccc(F)cc1)C(=O)CN(c1ccc(OCC)cc1)S(=O)(=O)c1ccccc1. The van der Waals surface area contributed by atoms with Gasteiger partial charge in [-0.3, -0.25) is 13.9 Å². The van der Waals surface area contributed by atoms with E-state index in [9.17, 15) is 22.4 Å². The summed E-state index contributed by atoms with van der Waals surface area (Å²) in [6.07, 6.45) is 0.189.